The van der Waals surface area contributed by atoms with Crippen molar-refractivity contribution in [2.75, 3.05) is 6.54 Å². The third-order valence-electron chi connectivity index (χ3n) is 4.00. The van der Waals surface area contributed by atoms with Crippen LogP contribution >= 0.6 is 11.6 Å². The van der Waals surface area contributed by atoms with Crippen LogP contribution in [0.5, 0.6) is 0 Å². The molecule has 1 unspecified atom stereocenters. The summed E-state index contributed by atoms with van der Waals surface area (Å²) >= 11 is 6.39. The van der Waals surface area contributed by atoms with E-state index in [1.54, 1.807) is 6.33 Å². The quantitative estimate of drug-likeness (QED) is 0.855. The zero-order chi connectivity index (χ0) is 14.7. The Kier molecular flexibility index (Phi) is 4.56. The van der Waals surface area contributed by atoms with Crippen LogP contribution in [0.15, 0.2) is 30.6 Å². The van der Waals surface area contributed by atoms with Gasteiger partial charge < -0.3 is 5.32 Å². The molecule has 1 aromatic heterocycles. The van der Waals surface area contributed by atoms with Gasteiger partial charge in [-0.1, -0.05) is 29.8 Å². The van der Waals surface area contributed by atoms with Crippen LogP contribution in [0.4, 0.5) is 0 Å². The van der Waals surface area contributed by atoms with E-state index < -0.39 is 0 Å². The minimum atomic E-state index is 0.328. The second kappa shape index (κ2) is 6.58. The summed E-state index contributed by atoms with van der Waals surface area (Å²) in [6.07, 6.45) is 5.08. The van der Waals surface area contributed by atoms with Crippen LogP contribution in [0.2, 0.25) is 5.02 Å². The van der Waals surface area contributed by atoms with E-state index in [4.69, 9.17) is 11.6 Å². The minimum Gasteiger partial charge on any atom is -0.313 e. The second-order valence-electron chi connectivity index (χ2n) is 5.60. The number of nitrogens with zero attached hydrogens (tertiary/aromatic N) is 3. The van der Waals surface area contributed by atoms with E-state index in [0.29, 0.717) is 12.0 Å². The summed E-state index contributed by atoms with van der Waals surface area (Å²) in [5, 5.41) is 8.72. The summed E-state index contributed by atoms with van der Waals surface area (Å²) in [4.78, 5) is 4.41. The average Bonchev–Trinajstić information content (AvgIpc) is 3.22. The molecule has 1 fully saturated rings. The largest absolute Gasteiger partial charge is 0.313 e. The van der Waals surface area contributed by atoms with Crippen LogP contribution in [0.3, 0.4) is 0 Å². The van der Waals surface area contributed by atoms with E-state index in [-0.39, 0.29) is 0 Å². The average molecular weight is 305 g/mol. The van der Waals surface area contributed by atoms with Crippen LogP contribution in [0.1, 0.15) is 37.1 Å². The first-order valence-corrected chi connectivity index (χ1v) is 8.00. The summed E-state index contributed by atoms with van der Waals surface area (Å²) in [5.41, 5.74) is 1.19. The van der Waals surface area contributed by atoms with Gasteiger partial charge in [0.15, 0.2) is 0 Å². The summed E-state index contributed by atoms with van der Waals surface area (Å²) in [7, 11) is 0. The zero-order valence-corrected chi connectivity index (χ0v) is 13.1. The number of aryl methyl sites for hydroxylation is 1. The summed E-state index contributed by atoms with van der Waals surface area (Å²) in [6, 6.07) is 8.81. The fourth-order valence-electron chi connectivity index (χ4n) is 2.63. The number of benzene rings is 1. The number of hydrogen-bond acceptors (Lipinski definition) is 3. The van der Waals surface area contributed by atoms with Gasteiger partial charge in [-0.25, -0.2) is 4.98 Å². The maximum absolute atomic E-state index is 6.39. The molecule has 1 atom stereocenters. The molecule has 2 aromatic rings. The molecule has 4 nitrogen and oxygen atoms in total. The van der Waals surface area contributed by atoms with Crippen LogP contribution in [0, 0.1) is 0 Å². The Morgan fingerprint density at radius 1 is 1.38 bits per heavy atom. The third kappa shape index (κ3) is 3.63. The molecule has 3 rings (SSSR count). The van der Waals surface area contributed by atoms with Crippen molar-refractivity contribution < 1.29 is 0 Å². The summed E-state index contributed by atoms with van der Waals surface area (Å²) in [5.74, 6) is 1.36. The highest BCUT2D eigenvalue weighted by Gasteiger charge is 2.24. The molecule has 0 spiro atoms. The molecule has 1 N–H and O–H groups in total. The van der Waals surface area contributed by atoms with Gasteiger partial charge in [-0.15, -0.1) is 0 Å². The molecule has 0 saturated heterocycles. The first-order chi connectivity index (χ1) is 10.3. The van der Waals surface area contributed by atoms with Crippen molar-refractivity contribution in [3.8, 4) is 0 Å². The summed E-state index contributed by atoms with van der Waals surface area (Å²) < 4.78 is 1.96. The molecule has 1 aliphatic carbocycles. The van der Waals surface area contributed by atoms with Crippen LogP contribution < -0.4 is 5.32 Å². The van der Waals surface area contributed by atoms with Crippen molar-refractivity contribution in [1.29, 1.82) is 0 Å². The number of rotatable bonds is 7. The predicted octanol–water partition coefficient (Wildman–Crippen LogP) is 3.03. The van der Waals surface area contributed by atoms with E-state index >= 15 is 0 Å². The first kappa shape index (κ1) is 14.5. The van der Waals surface area contributed by atoms with Crippen molar-refractivity contribution in [3.05, 3.63) is 47.0 Å². The highest BCUT2D eigenvalue weighted by Crippen LogP contribution is 2.28. The van der Waals surface area contributed by atoms with Crippen LogP contribution in [-0.2, 0) is 13.0 Å². The van der Waals surface area contributed by atoms with Gasteiger partial charge in [0.1, 0.15) is 12.2 Å². The molecule has 1 aromatic carbocycles. The van der Waals surface area contributed by atoms with Gasteiger partial charge in [-0.3, -0.25) is 4.68 Å². The lowest BCUT2D eigenvalue weighted by molar-refractivity contribution is 0.535. The van der Waals surface area contributed by atoms with Gasteiger partial charge >= 0.3 is 0 Å². The lowest BCUT2D eigenvalue weighted by Gasteiger charge is -2.19. The Morgan fingerprint density at radius 2 is 2.19 bits per heavy atom. The molecule has 5 heteroatoms. The molecule has 0 bridgehead atoms. The maximum atomic E-state index is 6.39. The maximum Gasteiger partial charge on any atom is 0.138 e. The monoisotopic (exact) mass is 304 g/mol. The van der Waals surface area contributed by atoms with E-state index in [2.05, 4.69) is 34.5 Å². The fraction of sp³-hybridized carbons (Fsp3) is 0.500. The fourth-order valence-corrected chi connectivity index (χ4v) is 2.92. The molecule has 1 heterocycles. The molecule has 0 aliphatic heterocycles. The van der Waals surface area contributed by atoms with E-state index in [1.165, 1.54) is 18.4 Å². The molecule has 112 valence electrons. The summed E-state index contributed by atoms with van der Waals surface area (Å²) in [6.45, 7) is 3.87. The molecular formula is C16H21ClN4. The SMILES string of the molecule is CCn1ncnc1CC(CNC1CC1)c1ccccc1Cl. The van der Waals surface area contributed by atoms with Gasteiger partial charge in [0.2, 0.25) is 0 Å². The number of hydrogen-bond donors (Lipinski definition) is 1. The molecule has 21 heavy (non-hydrogen) atoms. The van der Waals surface area contributed by atoms with Crippen molar-refractivity contribution in [1.82, 2.24) is 20.1 Å². The van der Waals surface area contributed by atoms with Gasteiger partial charge in [0.05, 0.1) is 0 Å². The van der Waals surface area contributed by atoms with Crippen molar-refractivity contribution in [2.24, 2.45) is 0 Å². The Hall–Kier alpha value is -1.39. The Labute approximate surface area is 130 Å². The Morgan fingerprint density at radius 3 is 2.90 bits per heavy atom. The van der Waals surface area contributed by atoms with Gasteiger partial charge in [-0.05, 0) is 31.4 Å². The molecular weight excluding hydrogens is 284 g/mol. The van der Waals surface area contributed by atoms with E-state index in [9.17, 15) is 0 Å². The Balaban J connectivity index is 1.79. The Bertz CT molecular complexity index is 591. The third-order valence-corrected chi connectivity index (χ3v) is 4.34. The number of halogens is 1. The van der Waals surface area contributed by atoms with Gasteiger partial charge in [0.25, 0.3) is 0 Å². The zero-order valence-electron chi connectivity index (χ0n) is 12.3. The van der Waals surface area contributed by atoms with E-state index in [1.807, 2.05) is 16.8 Å². The minimum absolute atomic E-state index is 0.328. The van der Waals surface area contributed by atoms with Crippen LogP contribution in [0.25, 0.3) is 0 Å². The van der Waals surface area contributed by atoms with Gasteiger partial charge in [0, 0.05) is 36.5 Å². The smallest absolute Gasteiger partial charge is 0.138 e. The lowest BCUT2D eigenvalue weighted by Crippen LogP contribution is -2.26. The molecule has 1 saturated carbocycles. The van der Waals surface area contributed by atoms with Crippen molar-refractivity contribution >= 4 is 11.6 Å². The highest BCUT2D eigenvalue weighted by atomic mass is 35.5. The van der Waals surface area contributed by atoms with Gasteiger partial charge in [-0.2, -0.15) is 5.10 Å². The number of nitrogens with one attached hydrogen (secondary N) is 1. The lowest BCUT2D eigenvalue weighted by atomic mass is 9.95. The predicted molar refractivity (Wildman–Crippen MR) is 84.6 cm³/mol. The second-order valence-corrected chi connectivity index (χ2v) is 6.00. The van der Waals surface area contributed by atoms with Crippen molar-refractivity contribution in [3.63, 3.8) is 0 Å². The molecule has 1 aliphatic rings. The first-order valence-electron chi connectivity index (χ1n) is 7.62. The van der Waals surface area contributed by atoms with E-state index in [0.717, 1.165) is 30.4 Å². The standard InChI is InChI=1S/C16H21ClN4/c1-2-21-16(19-11-20-21)9-12(10-18-13-7-8-13)14-5-3-4-6-15(14)17/h3-6,11-13,18H,2,7-10H2,1H3. The molecule has 0 amide bonds. The highest BCUT2D eigenvalue weighted by molar-refractivity contribution is 6.31. The van der Waals surface area contributed by atoms with Crippen LogP contribution in [-0.4, -0.2) is 27.4 Å². The number of aromatic nitrogens is 3. The topological polar surface area (TPSA) is 42.7 Å². The normalized spacial score (nSPS) is 16.1. The van der Waals surface area contributed by atoms with Crippen molar-refractivity contribution in [2.45, 2.75) is 44.7 Å². The molecule has 0 radical (unpaired) electrons.